The number of methoxy groups -OCH3 is 2. The van der Waals surface area contributed by atoms with Crippen LogP contribution in [0.5, 0.6) is 11.5 Å². The van der Waals surface area contributed by atoms with Crippen molar-refractivity contribution in [1.82, 2.24) is 5.32 Å². The van der Waals surface area contributed by atoms with Gasteiger partial charge in [-0.15, -0.1) is 0 Å². The zero-order valence-corrected chi connectivity index (χ0v) is 20.0. The van der Waals surface area contributed by atoms with E-state index in [1.54, 1.807) is 31.4 Å². The summed E-state index contributed by atoms with van der Waals surface area (Å²) in [5.41, 5.74) is 3.41. The van der Waals surface area contributed by atoms with Crippen molar-refractivity contribution in [3.63, 3.8) is 0 Å². The number of benzene rings is 2. The molecule has 0 spiro atoms. The molecule has 170 valence electrons. The van der Waals surface area contributed by atoms with Crippen LogP contribution in [0, 0.1) is 6.92 Å². The Morgan fingerprint density at radius 2 is 1.65 bits per heavy atom. The first-order valence-electron chi connectivity index (χ1n) is 10.1. The Kier molecular flexibility index (Phi) is 7.95. The van der Waals surface area contributed by atoms with Gasteiger partial charge in [-0.05, 0) is 72.9 Å². The number of anilines is 1. The van der Waals surface area contributed by atoms with E-state index in [4.69, 9.17) is 9.47 Å². The summed E-state index contributed by atoms with van der Waals surface area (Å²) in [5, 5.41) is 2.92. The molecule has 0 aliphatic heterocycles. The molecule has 1 atom stereocenters. The quantitative estimate of drug-likeness (QED) is 0.631. The summed E-state index contributed by atoms with van der Waals surface area (Å²) in [6, 6.07) is 10.2. The first-order chi connectivity index (χ1) is 14.5. The average Bonchev–Trinajstić information content (AvgIpc) is 2.70. The first-order valence-corrected chi connectivity index (χ1v) is 11.9. The van der Waals surface area contributed by atoms with Crippen molar-refractivity contribution in [2.24, 2.45) is 0 Å². The van der Waals surface area contributed by atoms with Crippen LogP contribution >= 0.6 is 0 Å². The van der Waals surface area contributed by atoms with E-state index in [0.29, 0.717) is 11.4 Å². The second-order valence-electron chi connectivity index (χ2n) is 7.86. The number of aryl methyl sites for hydroxylation is 1. The molecule has 8 heteroatoms. The van der Waals surface area contributed by atoms with Gasteiger partial charge in [-0.3, -0.25) is 9.10 Å². The Balaban J connectivity index is 2.23. The molecule has 2 aromatic rings. The Labute approximate surface area is 185 Å². The van der Waals surface area contributed by atoms with Crippen LogP contribution in [0.3, 0.4) is 0 Å². The number of nitrogens with zero attached hydrogens (tertiary/aromatic N) is 1. The maximum atomic E-state index is 12.8. The lowest BCUT2D eigenvalue weighted by Gasteiger charge is -2.24. The molecule has 0 aliphatic carbocycles. The number of nitrogens with one attached hydrogen (secondary N) is 1. The van der Waals surface area contributed by atoms with E-state index in [2.05, 4.69) is 19.2 Å². The number of rotatable bonds is 9. The van der Waals surface area contributed by atoms with Crippen molar-refractivity contribution in [3.05, 3.63) is 53.1 Å². The highest BCUT2D eigenvalue weighted by molar-refractivity contribution is 7.92. The molecule has 2 aromatic carbocycles. The summed E-state index contributed by atoms with van der Waals surface area (Å²) in [7, 11) is -0.478. The molecular formula is C23H32N2O5S. The predicted octanol–water partition coefficient (Wildman–Crippen LogP) is 3.78. The molecular weight excluding hydrogens is 416 g/mol. The highest BCUT2D eigenvalue weighted by Gasteiger charge is 2.23. The van der Waals surface area contributed by atoms with Crippen LogP contribution < -0.4 is 19.1 Å². The van der Waals surface area contributed by atoms with Crippen LogP contribution in [0.4, 0.5) is 5.69 Å². The second-order valence-corrected chi connectivity index (χ2v) is 9.77. The minimum atomic E-state index is -3.65. The monoisotopic (exact) mass is 448 g/mol. The molecule has 0 fully saturated rings. The van der Waals surface area contributed by atoms with Crippen molar-refractivity contribution < 1.29 is 22.7 Å². The van der Waals surface area contributed by atoms with E-state index in [1.165, 1.54) is 7.11 Å². The van der Waals surface area contributed by atoms with E-state index in [0.717, 1.165) is 33.0 Å². The average molecular weight is 449 g/mol. The van der Waals surface area contributed by atoms with Gasteiger partial charge in [0.25, 0.3) is 0 Å². The minimum absolute atomic E-state index is 0.257. The number of amides is 1. The van der Waals surface area contributed by atoms with Gasteiger partial charge in [0, 0.05) is 0 Å². The van der Waals surface area contributed by atoms with Crippen molar-refractivity contribution >= 4 is 21.6 Å². The Hall–Kier alpha value is -2.74. The molecule has 2 rings (SSSR count). The van der Waals surface area contributed by atoms with Crippen molar-refractivity contribution in [2.75, 3.05) is 31.3 Å². The van der Waals surface area contributed by atoms with Gasteiger partial charge < -0.3 is 14.8 Å². The zero-order valence-electron chi connectivity index (χ0n) is 19.2. The van der Waals surface area contributed by atoms with Gasteiger partial charge in [-0.1, -0.05) is 13.8 Å². The van der Waals surface area contributed by atoms with Crippen molar-refractivity contribution in [2.45, 2.75) is 39.7 Å². The predicted molar refractivity (Wildman–Crippen MR) is 124 cm³/mol. The van der Waals surface area contributed by atoms with Gasteiger partial charge in [-0.2, -0.15) is 0 Å². The van der Waals surface area contributed by atoms with E-state index in [1.807, 2.05) is 26.0 Å². The molecule has 0 aliphatic rings. The second kappa shape index (κ2) is 10.0. The summed E-state index contributed by atoms with van der Waals surface area (Å²) in [6.07, 6.45) is 1.08. The molecule has 31 heavy (non-hydrogen) atoms. The van der Waals surface area contributed by atoms with E-state index < -0.39 is 15.9 Å². The normalized spacial score (nSPS) is 12.4. The summed E-state index contributed by atoms with van der Waals surface area (Å²) < 4.78 is 36.3. The largest absolute Gasteiger partial charge is 0.497 e. The van der Waals surface area contributed by atoms with Gasteiger partial charge in [0.05, 0.1) is 32.2 Å². The van der Waals surface area contributed by atoms with Crippen LogP contribution in [0.15, 0.2) is 36.4 Å². The number of carbonyl (C=O) groups excluding carboxylic acids is 1. The van der Waals surface area contributed by atoms with Crippen molar-refractivity contribution in [1.29, 1.82) is 0 Å². The molecule has 0 bridgehead atoms. The molecule has 0 radical (unpaired) electrons. The van der Waals surface area contributed by atoms with E-state index in [9.17, 15) is 13.2 Å². The van der Waals surface area contributed by atoms with Crippen LogP contribution in [0.1, 0.15) is 49.4 Å². The topological polar surface area (TPSA) is 84.9 Å². The molecule has 7 nitrogen and oxygen atoms in total. The number of hydrogen-bond donors (Lipinski definition) is 1. The van der Waals surface area contributed by atoms with E-state index in [-0.39, 0.29) is 18.5 Å². The molecule has 1 N–H and O–H groups in total. The number of sulfonamides is 1. The fraction of sp³-hybridized carbons (Fsp3) is 0.435. The van der Waals surface area contributed by atoms with Gasteiger partial charge in [0.15, 0.2) is 0 Å². The molecule has 0 aromatic heterocycles. The zero-order chi connectivity index (χ0) is 23.3. The molecule has 0 saturated carbocycles. The third-order valence-corrected chi connectivity index (χ3v) is 6.27. The fourth-order valence-electron chi connectivity index (χ4n) is 3.45. The maximum Gasteiger partial charge on any atom is 0.241 e. The molecule has 0 unspecified atom stereocenters. The van der Waals surface area contributed by atoms with Crippen LogP contribution in [-0.2, 0) is 14.8 Å². The fourth-order valence-corrected chi connectivity index (χ4v) is 4.31. The smallest absolute Gasteiger partial charge is 0.241 e. The first kappa shape index (κ1) is 24.5. The van der Waals surface area contributed by atoms with Gasteiger partial charge in [0.1, 0.15) is 18.0 Å². The van der Waals surface area contributed by atoms with Gasteiger partial charge in [0.2, 0.25) is 15.9 Å². The lowest BCUT2D eigenvalue weighted by molar-refractivity contribution is -0.120. The third kappa shape index (κ3) is 6.13. The molecule has 1 amide bonds. The summed E-state index contributed by atoms with van der Waals surface area (Å²) in [4.78, 5) is 12.8. The van der Waals surface area contributed by atoms with Crippen LogP contribution in [0.2, 0.25) is 0 Å². The lowest BCUT2D eigenvalue weighted by Crippen LogP contribution is -2.41. The van der Waals surface area contributed by atoms with Crippen LogP contribution in [0.25, 0.3) is 0 Å². The number of ether oxygens (including phenoxy) is 2. The Bertz CT molecular complexity index is 1020. The minimum Gasteiger partial charge on any atom is -0.497 e. The Morgan fingerprint density at radius 1 is 1.03 bits per heavy atom. The lowest BCUT2D eigenvalue weighted by atomic mass is 9.93. The number of carbonyl (C=O) groups is 1. The van der Waals surface area contributed by atoms with Crippen LogP contribution in [-0.4, -0.2) is 41.3 Å². The molecule has 0 heterocycles. The highest BCUT2D eigenvalue weighted by Crippen LogP contribution is 2.32. The van der Waals surface area contributed by atoms with Gasteiger partial charge >= 0.3 is 0 Å². The van der Waals surface area contributed by atoms with E-state index >= 15 is 0 Å². The summed E-state index contributed by atoms with van der Waals surface area (Å²) in [6.45, 7) is 7.69. The third-order valence-electron chi connectivity index (χ3n) is 5.13. The SMILES string of the molecule is COc1ccc(N(CC(=O)N[C@H](C)c2cc(C(C)C)c(OC)cc2C)S(C)(=O)=O)cc1. The summed E-state index contributed by atoms with van der Waals surface area (Å²) in [5.74, 6) is 1.28. The van der Waals surface area contributed by atoms with Gasteiger partial charge in [-0.25, -0.2) is 8.42 Å². The maximum absolute atomic E-state index is 12.8. The summed E-state index contributed by atoms with van der Waals surface area (Å²) >= 11 is 0. The standard InChI is InChI=1S/C23H32N2O5S/c1-15(2)20-13-21(16(3)12-22(20)30-6)17(4)24-23(26)14-25(31(7,27)28)18-8-10-19(29-5)11-9-18/h8-13,15,17H,14H2,1-7H3,(H,24,26)/t17-/m1/s1. The van der Waals surface area contributed by atoms with Crippen molar-refractivity contribution in [3.8, 4) is 11.5 Å². The highest BCUT2D eigenvalue weighted by atomic mass is 32.2. The molecule has 0 saturated heterocycles. The Morgan fingerprint density at radius 3 is 2.13 bits per heavy atom. The number of hydrogen-bond acceptors (Lipinski definition) is 5.